The molecule has 0 aromatic heterocycles. The maximum atomic E-state index is 10.5. The molecule has 1 fully saturated rings. The van der Waals surface area contributed by atoms with E-state index in [0.29, 0.717) is 12.8 Å². The van der Waals surface area contributed by atoms with Gasteiger partial charge in [-0.2, -0.15) is 0 Å². The van der Waals surface area contributed by atoms with Crippen LogP contribution in [0.25, 0.3) is 0 Å². The number of rotatable bonds is 0. The van der Waals surface area contributed by atoms with E-state index >= 15 is 0 Å². The van der Waals surface area contributed by atoms with Gasteiger partial charge in [-0.25, -0.2) is 0 Å². The molecule has 1 heterocycles. The van der Waals surface area contributed by atoms with E-state index in [4.69, 9.17) is 0 Å². The van der Waals surface area contributed by atoms with Crippen molar-refractivity contribution < 1.29 is 47.3 Å². The van der Waals surface area contributed by atoms with Gasteiger partial charge >= 0.3 is 0 Å². The van der Waals surface area contributed by atoms with Gasteiger partial charge < -0.3 is 0 Å². The Morgan fingerprint density at radius 3 is 1.67 bits per heavy atom. The Balaban J connectivity index is 0.000000640. The number of likely N-dealkylation sites (tertiary alicyclic amines) is 1. The summed E-state index contributed by atoms with van der Waals surface area (Å²) in [4.78, 5) is 22.1. The topological polar surface area (TPSA) is 37.4 Å². The molecular weight excluding hydrogens is 146 g/mol. The molecule has 0 unspecified atom stereocenters. The van der Waals surface area contributed by atoms with E-state index in [0.717, 1.165) is 0 Å². The number of amides is 2. The minimum absolute atomic E-state index is 0. The quantitative estimate of drug-likeness (QED) is 0.450. The smallest absolute Gasteiger partial charge is 0.229 e. The van der Waals surface area contributed by atoms with Gasteiger partial charge in [0.15, 0.2) is 0 Å². The zero-order chi connectivity index (χ0) is 6.15. The summed E-state index contributed by atoms with van der Waals surface area (Å²) in [5.41, 5.74) is 0. The summed E-state index contributed by atoms with van der Waals surface area (Å²) in [5, 5.41) is 0. The van der Waals surface area contributed by atoms with Crippen molar-refractivity contribution in [3.05, 3.63) is 0 Å². The Hall–Kier alpha value is 0.400. The molecule has 0 aliphatic carbocycles. The first-order valence-electron chi connectivity index (χ1n) is 2.51. The second kappa shape index (κ2) is 3.54. The summed E-state index contributed by atoms with van der Waals surface area (Å²) < 4.78 is 0. The summed E-state index contributed by atoms with van der Waals surface area (Å²) in [5.74, 6) is -0.120. The number of hydrogen-bond acceptors (Lipinski definition) is 2. The van der Waals surface area contributed by atoms with Gasteiger partial charge in [0.1, 0.15) is 0 Å². The fourth-order valence-electron chi connectivity index (χ4n) is 0.688. The third kappa shape index (κ3) is 1.92. The van der Waals surface area contributed by atoms with Crippen LogP contribution in [0.2, 0.25) is 0 Å². The number of carbonyl (C=O) groups excluding carboxylic acids is 2. The van der Waals surface area contributed by atoms with Crippen LogP contribution in [-0.2, 0) is 9.59 Å². The Labute approximate surface area is 83.4 Å². The maximum absolute atomic E-state index is 10.5. The van der Waals surface area contributed by atoms with E-state index in [1.807, 2.05) is 0 Å². The van der Waals surface area contributed by atoms with E-state index < -0.39 is 0 Å². The van der Waals surface area contributed by atoms with Gasteiger partial charge in [0.2, 0.25) is 11.8 Å². The van der Waals surface area contributed by atoms with Crippen LogP contribution >= 0.6 is 0 Å². The molecule has 0 aromatic carbocycles. The first-order valence-corrected chi connectivity index (χ1v) is 2.51. The maximum Gasteiger partial charge on any atom is 0.229 e. The normalized spacial score (nSPS) is 18.1. The van der Waals surface area contributed by atoms with E-state index in [-0.39, 0.29) is 49.6 Å². The number of carbonyl (C=O) groups is 2. The van der Waals surface area contributed by atoms with Crippen LogP contribution in [0.1, 0.15) is 12.8 Å². The summed E-state index contributed by atoms with van der Waals surface area (Å²) in [6.07, 6.45) is 0.796. The van der Waals surface area contributed by atoms with Crippen molar-refractivity contribution in [2.45, 2.75) is 12.8 Å². The Morgan fingerprint density at radius 2 is 1.56 bits per heavy atom. The summed E-state index contributed by atoms with van der Waals surface area (Å²) in [6, 6.07) is 0. The van der Waals surface area contributed by atoms with E-state index in [1.165, 1.54) is 11.9 Å². The standard InChI is InChI=1S/C5H7NO2.Ar/c1-6-4(7)2-3-5(6)8;/h2-3H2,1H3;. The van der Waals surface area contributed by atoms with Gasteiger partial charge in [-0.15, -0.1) is 0 Å². The van der Waals surface area contributed by atoms with Crippen LogP contribution in [-0.4, -0.2) is 23.8 Å². The molecule has 9 heavy (non-hydrogen) atoms. The summed E-state index contributed by atoms with van der Waals surface area (Å²) >= 11 is 0. The second-order valence-electron chi connectivity index (χ2n) is 1.85. The summed E-state index contributed by atoms with van der Waals surface area (Å²) in [6.45, 7) is 0. The molecule has 0 N–H and O–H groups in total. The molecule has 0 saturated carbocycles. The molecule has 4 heteroatoms. The van der Waals surface area contributed by atoms with Crippen LogP contribution in [0.5, 0.6) is 0 Å². The SMILES string of the molecule is CN1C(=O)CCC1=O.[Ar]. The Bertz CT molecular complexity index is 130. The third-order valence-corrected chi connectivity index (χ3v) is 1.30. The number of hydrogen-bond donors (Lipinski definition) is 0. The molecule has 0 bridgehead atoms. The van der Waals surface area contributed by atoms with Crippen molar-refractivity contribution in [2.75, 3.05) is 7.05 Å². The predicted molar refractivity (Wildman–Crippen MR) is 27.0 cm³/mol. The first kappa shape index (κ1) is 9.40. The molecular formula is C5H7ArNO2. The van der Waals surface area contributed by atoms with Crippen LogP contribution in [0.15, 0.2) is 0 Å². The van der Waals surface area contributed by atoms with Crippen molar-refractivity contribution in [3.63, 3.8) is 0 Å². The van der Waals surface area contributed by atoms with Gasteiger partial charge in [-0.05, 0) is 0 Å². The Morgan fingerprint density at radius 1 is 1.22 bits per heavy atom. The fourth-order valence-corrected chi connectivity index (χ4v) is 0.688. The molecule has 2 amide bonds. The zero-order valence-corrected chi connectivity index (χ0v) is 5.74. The molecule has 52 valence electrons. The van der Waals surface area contributed by atoms with Crippen molar-refractivity contribution in [2.24, 2.45) is 0 Å². The second-order valence-corrected chi connectivity index (χ2v) is 1.85. The number of nitrogens with zero attached hydrogens (tertiary/aromatic N) is 1. The van der Waals surface area contributed by atoms with Crippen molar-refractivity contribution in [3.8, 4) is 0 Å². The van der Waals surface area contributed by atoms with Gasteiger partial charge in [0, 0.05) is 57.6 Å². The minimum atomic E-state index is -0.0602. The monoisotopic (exact) mass is 153 g/mol. The molecule has 0 atom stereocenters. The van der Waals surface area contributed by atoms with Crippen LogP contribution in [0, 0.1) is 37.7 Å². The van der Waals surface area contributed by atoms with Crippen LogP contribution < -0.4 is 0 Å². The first-order chi connectivity index (χ1) is 3.72. The van der Waals surface area contributed by atoms with Gasteiger partial charge in [0.05, 0.1) is 0 Å². The zero-order valence-electron chi connectivity index (χ0n) is 5.03. The minimum Gasteiger partial charge on any atom is -0.286 e. The van der Waals surface area contributed by atoms with E-state index in [9.17, 15) is 9.59 Å². The largest absolute Gasteiger partial charge is 0.286 e. The van der Waals surface area contributed by atoms with Crippen LogP contribution in [0.4, 0.5) is 0 Å². The molecule has 3 nitrogen and oxygen atoms in total. The number of imide groups is 1. The molecule has 0 radical (unpaired) electrons. The van der Waals surface area contributed by atoms with Crippen LogP contribution in [0.3, 0.4) is 0 Å². The molecule has 1 aliphatic heterocycles. The fraction of sp³-hybridized carbons (Fsp3) is 0.600. The van der Waals surface area contributed by atoms with Gasteiger partial charge in [-0.3, -0.25) is 14.5 Å². The average Bonchev–Trinajstić information content (AvgIpc) is 1.98. The van der Waals surface area contributed by atoms with Gasteiger partial charge in [-0.1, -0.05) is 0 Å². The third-order valence-electron chi connectivity index (χ3n) is 1.30. The van der Waals surface area contributed by atoms with Crippen molar-refractivity contribution >= 4 is 11.8 Å². The van der Waals surface area contributed by atoms with Crippen molar-refractivity contribution in [1.82, 2.24) is 4.90 Å². The average molecular weight is 153 g/mol. The predicted octanol–water partition coefficient (Wildman–Crippen LogP) is -0.235. The van der Waals surface area contributed by atoms with Gasteiger partial charge in [0.25, 0.3) is 0 Å². The summed E-state index contributed by atoms with van der Waals surface area (Å²) in [7, 11) is 1.51. The molecule has 0 spiro atoms. The molecule has 1 aliphatic rings. The molecule has 1 rings (SSSR count). The Kier molecular flexibility index (Phi) is 3.70. The van der Waals surface area contributed by atoms with E-state index in [1.54, 1.807) is 0 Å². The van der Waals surface area contributed by atoms with Crippen molar-refractivity contribution in [1.29, 1.82) is 0 Å². The molecule has 0 aromatic rings. The molecule has 1 saturated heterocycles. The van der Waals surface area contributed by atoms with E-state index in [2.05, 4.69) is 0 Å².